The van der Waals surface area contributed by atoms with Crippen LogP contribution in [0.5, 0.6) is 0 Å². The standard InChI is InChI=1S/C6H6N6S/c1-5(13-4-7-1)2-9-11-6-8-3-10-12-6/h1-4H,(H2,8,10,11,12)/b9-2+. The number of thiazole rings is 1. The lowest BCUT2D eigenvalue weighted by molar-refractivity contribution is 1.08. The van der Waals surface area contributed by atoms with Crippen molar-refractivity contribution in [2.24, 2.45) is 5.10 Å². The molecule has 7 heteroatoms. The average molecular weight is 194 g/mol. The molecule has 0 amide bonds. The first-order chi connectivity index (χ1) is 6.45. The molecule has 0 saturated heterocycles. The van der Waals surface area contributed by atoms with Gasteiger partial charge < -0.3 is 0 Å². The van der Waals surface area contributed by atoms with Gasteiger partial charge in [0.05, 0.1) is 16.6 Å². The summed E-state index contributed by atoms with van der Waals surface area (Å²) in [6.45, 7) is 0. The van der Waals surface area contributed by atoms with E-state index in [4.69, 9.17) is 0 Å². The fraction of sp³-hybridized carbons (Fsp3) is 0. The van der Waals surface area contributed by atoms with E-state index in [1.165, 1.54) is 17.7 Å². The average Bonchev–Trinajstić information content (AvgIpc) is 2.75. The highest BCUT2D eigenvalue weighted by molar-refractivity contribution is 7.11. The molecule has 0 saturated carbocycles. The monoisotopic (exact) mass is 194 g/mol. The Morgan fingerprint density at radius 3 is 3.31 bits per heavy atom. The molecule has 13 heavy (non-hydrogen) atoms. The number of hydrogen-bond acceptors (Lipinski definition) is 6. The Hall–Kier alpha value is -1.76. The lowest BCUT2D eigenvalue weighted by atomic mass is 10.6. The van der Waals surface area contributed by atoms with Gasteiger partial charge in [-0.1, -0.05) is 0 Å². The van der Waals surface area contributed by atoms with Gasteiger partial charge >= 0.3 is 0 Å². The molecule has 2 rings (SSSR count). The third kappa shape index (κ3) is 2.09. The molecule has 2 aromatic rings. The molecule has 2 N–H and O–H groups in total. The minimum absolute atomic E-state index is 0.515. The maximum absolute atomic E-state index is 3.92. The van der Waals surface area contributed by atoms with Crippen LogP contribution < -0.4 is 5.43 Å². The van der Waals surface area contributed by atoms with Gasteiger partial charge in [-0.25, -0.2) is 10.5 Å². The highest BCUT2D eigenvalue weighted by Gasteiger charge is 1.90. The number of anilines is 1. The van der Waals surface area contributed by atoms with Gasteiger partial charge in [-0.2, -0.15) is 15.2 Å². The second-order valence-corrected chi connectivity index (χ2v) is 3.03. The van der Waals surface area contributed by atoms with E-state index in [0.717, 1.165) is 4.88 Å². The number of nitrogens with zero attached hydrogens (tertiary/aromatic N) is 4. The minimum Gasteiger partial charge on any atom is -0.252 e. The van der Waals surface area contributed by atoms with Crippen LogP contribution in [0.3, 0.4) is 0 Å². The fourth-order valence-electron chi connectivity index (χ4n) is 0.706. The quantitative estimate of drug-likeness (QED) is 0.557. The summed E-state index contributed by atoms with van der Waals surface area (Å²) in [5.74, 6) is 0.515. The van der Waals surface area contributed by atoms with Crippen molar-refractivity contribution < 1.29 is 0 Å². The molecule has 0 aliphatic rings. The number of rotatable bonds is 3. The Bertz CT molecular complexity index is 364. The fourth-order valence-corrected chi connectivity index (χ4v) is 1.18. The van der Waals surface area contributed by atoms with Crippen LogP contribution in [-0.4, -0.2) is 26.4 Å². The van der Waals surface area contributed by atoms with Crippen molar-refractivity contribution in [3.8, 4) is 0 Å². The molecular weight excluding hydrogens is 188 g/mol. The molecule has 0 spiro atoms. The molecule has 0 bridgehead atoms. The predicted molar refractivity (Wildman–Crippen MR) is 49.7 cm³/mol. The highest BCUT2D eigenvalue weighted by atomic mass is 32.1. The zero-order chi connectivity index (χ0) is 8.93. The van der Waals surface area contributed by atoms with Gasteiger partial charge in [0.25, 0.3) is 0 Å². The summed E-state index contributed by atoms with van der Waals surface area (Å²) >= 11 is 1.51. The van der Waals surface area contributed by atoms with Crippen LogP contribution in [0, 0.1) is 0 Å². The topological polar surface area (TPSA) is 78.9 Å². The first-order valence-electron chi connectivity index (χ1n) is 3.48. The molecule has 66 valence electrons. The molecule has 6 nitrogen and oxygen atoms in total. The van der Waals surface area contributed by atoms with E-state index in [1.807, 2.05) is 0 Å². The predicted octanol–water partition coefficient (Wildman–Crippen LogP) is 0.707. The second-order valence-electron chi connectivity index (χ2n) is 2.11. The lowest BCUT2D eigenvalue weighted by Crippen LogP contribution is -1.91. The van der Waals surface area contributed by atoms with Crippen molar-refractivity contribution in [2.75, 3.05) is 5.43 Å². The molecule has 2 heterocycles. The van der Waals surface area contributed by atoms with Crippen LogP contribution in [0.1, 0.15) is 4.88 Å². The maximum Gasteiger partial charge on any atom is 0.239 e. The summed E-state index contributed by atoms with van der Waals surface area (Å²) in [5.41, 5.74) is 4.43. The SMILES string of the molecule is C(=N\Nc1ncn[nH]1)/c1cncs1. The van der Waals surface area contributed by atoms with Crippen molar-refractivity contribution >= 4 is 23.5 Å². The Labute approximate surface area is 77.7 Å². The van der Waals surface area contributed by atoms with E-state index < -0.39 is 0 Å². The Morgan fingerprint density at radius 1 is 1.62 bits per heavy atom. The van der Waals surface area contributed by atoms with Crippen LogP contribution in [0.25, 0.3) is 0 Å². The van der Waals surface area contributed by atoms with Crippen molar-refractivity contribution in [1.29, 1.82) is 0 Å². The van der Waals surface area contributed by atoms with E-state index in [9.17, 15) is 0 Å². The van der Waals surface area contributed by atoms with Crippen LogP contribution in [-0.2, 0) is 0 Å². The Kier molecular flexibility index (Phi) is 2.28. The molecule has 0 aromatic carbocycles. The summed E-state index contributed by atoms with van der Waals surface area (Å²) < 4.78 is 0. The zero-order valence-electron chi connectivity index (χ0n) is 6.51. The molecule has 0 radical (unpaired) electrons. The number of H-pyrrole nitrogens is 1. The molecule has 0 aliphatic heterocycles. The van der Waals surface area contributed by atoms with Gasteiger partial charge in [0.1, 0.15) is 6.33 Å². The van der Waals surface area contributed by atoms with Crippen molar-refractivity contribution in [1.82, 2.24) is 20.2 Å². The smallest absolute Gasteiger partial charge is 0.239 e. The van der Waals surface area contributed by atoms with Crippen LogP contribution in [0.15, 0.2) is 23.1 Å². The second kappa shape index (κ2) is 3.76. The minimum atomic E-state index is 0.515. The van der Waals surface area contributed by atoms with E-state index in [0.29, 0.717) is 5.95 Å². The van der Waals surface area contributed by atoms with E-state index >= 15 is 0 Å². The van der Waals surface area contributed by atoms with Gasteiger partial charge in [0, 0.05) is 6.20 Å². The number of aromatic amines is 1. The molecular formula is C6H6N6S. The number of hydrogen-bond donors (Lipinski definition) is 2. The molecule has 0 aliphatic carbocycles. The molecule has 0 fully saturated rings. The summed E-state index contributed by atoms with van der Waals surface area (Å²) in [4.78, 5) is 8.71. The number of hydrazone groups is 1. The van der Waals surface area contributed by atoms with Crippen molar-refractivity contribution in [3.05, 3.63) is 22.9 Å². The van der Waals surface area contributed by atoms with Crippen LogP contribution in [0.4, 0.5) is 5.95 Å². The van der Waals surface area contributed by atoms with Gasteiger partial charge in [-0.05, 0) is 0 Å². The van der Waals surface area contributed by atoms with Gasteiger partial charge in [0.2, 0.25) is 5.95 Å². The summed E-state index contributed by atoms with van der Waals surface area (Å²) in [6, 6.07) is 0. The Balaban J connectivity index is 1.93. The third-order valence-corrected chi connectivity index (χ3v) is 1.94. The van der Waals surface area contributed by atoms with Crippen LogP contribution in [0.2, 0.25) is 0 Å². The number of aromatic nitrogens is 4. The van der Waals surface area contributed by atoms with Crippen LogP contribution >= 0.6 is 11.3 Å². The van der Waals surface area contributed by atoms with Crippen molar-refractivity contribution in [3.63, 3.8) is 0 Å². The summed E-state index contributed by atoms with van der Waals surface area (Å²) in [6.07, 6.45) is 4.81. The first kappa shape index (κ1) is 7.87. The number of nitrogens with one attached hydrogen (secondary N) is 2. The normalized spacial score (nSPS) is 10.8. The highest BCUT2D eigenvalue weighted by Crippen LogP contribution is 2.01. The van der Waals surface area contributed by atoms with Crippen molar-refractivity contribution in [2.45, 2.75) is 0 Å². The molecule has 0 atom stereocenters. The zero-order valence-corrected chi connectivity index (χ0v) is 7.32. The third-order valence-electron chi connectivity index (χ3n) is 1.23. The Morgan fingerprint density at radius 2 is 2.62 bits per heavy atom. The molecule has 2 aromatic heterocycles. The summed E-state index contributed by atoms with van der Waals surface area (Å²) in [5, 5.41) is 10.2. The molecule has 0 unspecified atom stereocenters. The van der Waals surface area contributed by atoms with Gasteiger partial charge in [-0.15, -0.1) is 11.3 Å². The van der Waals surface area contributed by atoms with E-state index in [-0.39, 0.29) is 0 Å². The van der Waals surface area contributed by atoms with E-state index in [2.05, 4.69) is 30.7 Å². The maximum atomic E-state index is 3.92. The van der Waals surface area contributed by atoms with Gasteiger partial charge in [0.15, 0.2) is 0 Å². The first-order valence-corrected chi connectivity index (χ1v) is 4.36. The van der Waals surface area contributed by atoms with E-state index in [1.54, 1.807) is 17.9 Å². The summed E-state index contributed by atoms with van der Waals surface area (Å²) in [7, 11) is 0. The van der Waals surface area contributed by atoms with Gasteiger partial charge in [-0.3, -0.25) is 4.98 Å². The largest absolute Gasteiger partial charge is 0.252 e. The lowest BCUT2D eigenvalue weighted by Gasteiger charge is -1.89.